The minimum atomic E-state index is -4.72. The van der Waals surface area contributed by atoms with E-state index in [-0.39, 0.29) is 22.3 Å². The normalized spacial score (nSPS) is 11.7. The van der Waals surface area contributed by atoms with Gasteiger partial charge in [-0.05, 0) is 59.6 Å². The van der Waals surface area contributed by atoms with Gasteiger partial charge in [0.2, 0.25) is 0 Å². The molecule has 170 valence electrons. The Bertz CT molecular complexity index is 1360. The number of hydrogen-bond donors (Lipinski definition) is 1. The zero-order valence-corrected chi connectivity index (χ0v) is 19.1. The molecule has 0 saturated heterocycles. The molecule has 4 rings (SSSR count). The van der Waals surface area contributed by atoms with Crippen LogP contribution in [0.3, 0.4) is 0 Å². The summed E-state index contributed by atoms with van der Waals surface area (Å²) in [6.45, 7) is 3.76. The van der Waals surface area contributed by atoms with Gasteiger partial charge in [-0.2, -0.15) is 18.3 Å². The number of nitrogens with one attached hydrogen (secondary N) is 1. The van der Waals surface area contributed by atoms with Gasteiger partial charge in [0.25, 0.3) is 5.91 Å². The molecule has 0 atom stereocenters. The average molecular weight is 521 g/mol. The molecule has 0 fully saturated rings. The molecular weight excluding hydrogens is 504 g/mol. The van der Waals surface area contributed by atoms with E-state index in [2.05, 4.69) is 31.3 Å². The second-order valence-electron chi connectivity index (χ2n) is 7.47. The van der Waals surface area contributed by atoms with Crippen molar-refractivity contribution >= 4 is 38.4 Å². The van der Waals surface area contributed by atoms with E-state index in [4.69, 9.17) is 0 Å². The Morgan fingerprint density at radius 2 is 1.82 bits per heavy atom. The minimum Gasteiger partial charge on any atom is -0.319 e. The lowest BCUT2D eigenvalue weighted by molar-refractivity contribution is -0.141. The van der Waals surface area contributed by atoms with E-state index in [1.54, 1.807) is 48.9 Å². The van der Waals surface area contributed by atoms with Crippen molar-refractivity contribution in [3.63, 3.8) is 0 Å². The van der Waals surface area contributed by atoms with E-state index >= 15 is 0 Å². The first-order valence-corrected chi connectivity index (χ1v) is 10.6. The maximum atomic E-state index is 13.4. The standard InChI is InChI=1S/C23H17BrF4N4O/c1-12-20(13(2)32(31-12)11-14-6-8-15(25)9-7-14)30-22(33)17-10-19(23(26,27)28)29-21-16(17)4-3-5-18(21)24/h3-10H,11H2,1-2H3,(H,30,33). The van der Waals surface area contributed by atoms with Crippen molar-refractivity contribution in [2.75, 3.05) is 5.32 Å². The van der Waals surface area contributed by atoms with Crippen LogP contribution in [0.4, 0.5) is 23.2 Å². The van der Waals surface area contributed by atoms with Gasteiger partial charge >= 0.3 is 6.18 Å². The van der Waals surface area contributed by atoms with E-state index in [1.165, 1.54) is 12.1 Å². The van der Waals surface area contributed by atoms with Gasteiger partial charge in [-0.3, -0.25) is 9.48 Å². The van der Waals surface area contributed by atoms with Gasteiger partial charge in [0.15, 0.2) is 0 Å². The molecule has 1 N–H and O–H groups in total. The summed E-state index contributed by atoms with van der Waals surface area (Å²) >= 11 is 3.21. The lowest BCUT2D eigenvalue weighted by Gasteiger charge is -2.13. The Labute approximate surface area is 194 Å². The Kier molecular flexibility index (Phi) is 5.96. The molecule has 0 aliphatic rings. The number of aromatic nitrogens is 3. The predicted molar refractivity (Wildman–Crippen MR) is 120 cm³/mol. The summed E-state index contributed by atoms with van der Waals surface area (Å²) in [6, 6.07) is 11.4. The number of carbonyl (C=O) groups excluding carboxylic acids is 1. The molecule has 0 radical (unpaired) electrons. The molecule has 0 spiro atoms. The largest absolute Gasteiger partial charge is 0.433 e. The summed E-state index contributed by atoms with van der Waals surface area (Å²) < 4.78 is 55.5. The van der Waals surface area contributed by atoms with Crippen LogP contribution in [0.1, 0.15) is 33.0 Å². The fourth-order valence-corrected chi connectivity index (χ4v) is 3.98. The van der Waals surface area contributed by atoms with Crippen molar-refractivity contribution in [1.82, 2.24) is 14.8 Å². The first-order valence-electron chi connectivity index (χ1n) is 9.81. The third kappa shape index (κ3) is 4.61. The SMILES string of the molecule is Cc1nn(Cc2ccc(F)cc2)c(C)c1NC(=O)c1cc(C(F)(F)F)nc2c(Br)cccc12. The smallest absolute Gasteiger partial charge is 0.319 e. The van der Waals surface area contributed by atoms with Crippen molar-refractivity contribution in [2.24, 2.45) is 0 Å². The van der Waals surface area contributed by atoms with Crippen LogP contribution < -0.4 is 5.32 Å². The number of aryl methyl sites for hydroxylation is 1. The van der Waals surface area contributed by atoms with Gasteiger partial charge in [0.05, 0.1) is 34.7 Å². The molecule has 0 unspecified atom stereocenters. The number of fused-ring (bicyclic) bond motifs is 1. The molecular formula is C23H17BrF4N4O. The molecule has 10 heteroatoms. The Hall–Kier alpha value is -3.27. The third-order valence-corrected chi connectivity index (χ3v) is 5.83. The summed E-state index contributed by atoms with van der Waals surface area (Å²) in [6.07, 6.45) is -4.72. The van der Waals surface area contributed by atoms with Gasteiger partial charge in [-0.25, -0.2) is 9.37 Å². The van der Waals surface area contributed by atoms with Crippen LogP contribution in [-0.2, 0) is 12.7 Å². The molecule has 1 amide bonds. The highest BCUT2D eigenvalue weighted by Crippen LogP contribution is 2.34. The van der Waals surface area contributed by atoms with Gasteiger partial charge in [-0.1, -0.05) is 24.3 Å². The quantitative estimate of drug-likeness (QED) is 0.322. The summed E-state index contributed by atoms with van der Waals surface area (Å²) in [7, 11) is 0. The summed E-state index contributed by atoms with van der Waals surface area (Å²) in [5.41, 5.74) is 1.04. The molecule has 0 aliphatic carbocycles. The topological polar surface area (TPSA) is 59.8 Å². The Balaban J connectivity index is 1.71. The number of alkyl halides is 3. The minimum absolute atomic E-state index is 0.0397. The van der Waals surface area contributed by atoms with Crippen molar-refractivity contribution in [3.8, 4) is 0 Å². The van der Waals surface area contributed by atoms with E-state index in [0.29, 0.717) is 28.1 Å². The van der Waals surface area contributed by atoms with Crippen LogP contribution in [0.2, 0.25) is 0 Å². The monoisotopic (exact) mass is 520 g/mol. The molecule has 5 nitrogen and oxygen atoms in total. The highest BCUT2D eigenvalue weighted by Gasteiger charge is 2.34. The van der Waals surface area contributed by atoms with Gasteiger partial charge in [0, 0.05) is 9.86 Å². The van der Waals surface area contributed by atoms with Crippen LogP contribution in [0.5, 0.6) is 0 Å². The molecule has 2 aromatic carbocycles. The van der Waals surface area contributed by atoms with Crippen molar-refractivity contribution in [3.05, 3.63) is 87.0 Å². The number of anilines is 1. The van der Waals surface area contributed by atoms with Crippen LogP contribution >= 0.6 is 15.9 Å². The zero-order valence-electron chi connectivity index (χ0n) is 17.5. The Morgan fingerprint density at radius 3 is 2.48 bits per heavy atom. The van der Waals surface area contributed by atoms with Crippen LogP contribution in [0, 0.1) is 19.7 Å². The molecule has 2 heterocycles. The number of pyridine rings is 1. The number of amides is 1. The summed E-state index contributed by atoms with van der Waals surface area (Å²) in [4.78, 5) is 16.8. The van der Waals surface area contributed by atoms with E-state index in [1.807, 2.05) is 0 Å². The second-order valence-corrected chi connectivity index (χ2v) is 8.33. The highest BCUT2D eigenvalue weighted by molar-refractivity contribution is 9.10. The van der Waals surface area contributed by atoms with E-state index in [9.17, 15) is 22.4 Å². The highest BCUT2D eigenvalue weighted by atomic mass is 79.9. The summed E-state index contributed by atoms with van der Waals surface area (Å²) in [5.74, 6) is -1.06. The summed E-state index contributed by atoms with van der Waals surface area (Å²) in [5, 5.41) is 7.41. The lowest BCUT2D eigenvalue weighted by atomic mass is 10.1. The fraction of sp³-hybridized carbons (Fsp3) is 0.174. The van der Waals surface area contributed by atoms with Gasteiger partial charge < -0.3 is 5.32 Å². The van der Waals surface area contributed by atoms with Crippen molar-refractivity contribution in [2.45, 2.75) is 26.6 Å². The fourth-order valence-electron chi connectivity index (χ4n) is 3.52. The number of nitrogens with zero attached hydrogens (tertiary/aromatic N) is 3. The van der Waals surface area contributed by atoms with Crippen LogP contribution in [0.25, 0.3) is 10.9 Å². The molecule has 0 aliphatic heterocycles. The van der Waals surface area contributed by atoms with Gasteiger partial charge in [-0.15, -0.1) is 0 Å². The van der Waals surface area contributed by atoms with Crippen LogP contribution in [-0.4, -0.2) is 20.7 Å². The first kappa shape index (κ1) is 22.9. The molecule has 0 bridgehead atoms. The first-order chi connectivity index (χ1) is 15.5. The molecule has 0 saturated carbocycles. The molecule has 2 aromatic heterocycles. The molecule has 4 aromatic rings. The van der Waals surface area contributed by atoms with E-state index < -0.39 is 17.8 Å². The number of hydrogen-bond acceptors (Lipinski definition) is 3. The van der Waals surface area contributed by atoms with Crippen LogP contribution in [0.15, 0.2) is 53.0 Å². The third-order valence-electron chi connectivity index (χ3n) is 5.19. The second kappa shape index (κ2) is 8.58. The number of halogens is 5. The maximum Gasteiger partial charge on any atom is 0.433 e. The van der Waals surface area contributed by atoms with Gasteiger partial charge in [0.1, 0.15) is 11.5 Å². The average Bonchev–Trinajstić information content (AvgIpc) is 3.01. The Morgan fingerprint density at radius 1 is 1.12 bits per heavy atom. The number of benzene rings is 2. The maximum absolute atomic E-state index is 13.4. The zero-order chi connectivity index (χ0) is 23.9. The number of carbonyl (C=O) groups is 1. The van der Waals surface area contributed by atoms with Crippen molar-refractivity contribution in [1.29, 1.82) is 0 Å². The van der Waals surface area contributed by atoms with E-state index in [0.717, 1.165) is 11.6 Å². The predicted octanol–water partition coefficient (Wildman–Crippen LogP) is 6.27. The number of rotatable bonds is 4. The van der Waals surface area contributed by atoms with Crippen molar-refractivity contribution < 1.29 is 22.4 Å². The lowest BCUT2D eigenvalue weighted by Crippen LogP contribution is -2.17. The number of para-hydroxylation sites is 1. The molecule has 33 heavy (non-hydrogen) atoms.